The maximum Gasteiger partial charge on any atom is 0.272 e. The number of imidazole rings is 1. The van der Waals surface area contributed by atoms with E-state index in [0.717, 1.165) is 11.2 Å². The fourth-order valence-corrected chi connectivity index (χ4v) is 1.75. The third kappa shape index (κ3) is 2.09. The van der Waals surface area contributed by atoms with Gasteiger partial charge in [0.15, 0.2) is 0 Å². The summed E-state index contributed by atoms with van der Waals surface area (Å²) in [5.41, 5.74) is 2.32. The Kier molecular flexibility index (Phi) is 3.34. The molecule has 18 heavy (non-hydrogen) atoms. The Bertz CT molecular complexity index is 577. The van der Waals surface area contributed by atoms with Gasteiger partial charge in [0.1, 0.15) is 11.3 Å². The first kappa shape index (κ1) is 12.6. The zero-order chi connectivity index (χ0) is 13.3. The zero-order valence-corrected chi connectivity index (χ0v) is 10.8. The first-order valence-electron chi connectivity index (χ1n) is 5.86. The summed E-state index contributed by atoms with van der Waals surface area (Å²) in [6, 6.07) is 3.62. The van der Waals surface area contributed by atoms with Crippen LogP contribution in [0, 0.1) is 6.92 Å². The Morgan fingerprint density at radius 1 is 1.56 bits per heavy atom. The molecule has 0 bridgehead atoms. The topological polar surface area (TPSA) is 57.8 Å². The van der Waals surface area contributed by atoms with E-state index in [2.05, 4.69) is 4.98 Å². The van der Waals surface area contributed by atoms with E-state index in [0.29, 0.717) is 5.69 Å². The average Bonchev–Trinajstić information content (AvgIpc) is 2.78. The highest BCUT2D eigenvalue weighted by Crippen LogP contribution is 2.11. The predicted molar refractivity (Wildman–Crippen MR) is 68.6 cm³/mol. The second kappa shape index (κ2) is 4.78. The number of aryl methyl sites for hydroxylation is 1. The van der Waals surface area contributed by atoms with Crippen molar-refractivity contribution in [2.45, 2.75) is 19.9 Å². The van der Waals surface area contributed by atoms with Gasteiger partial charge in [-0.2, -0.15) is 0 Å². The van der Waals surface area contributed by atoms with Gasteiger partial charge in [-0.3, -0.25) is 9.20 Å². The van der Waals surface area contributed by atoms with Crippen LogP contribution in [0.15, 0.2) is 24.5 Å². The summed E-state index contributed by atoms with van der Waals surface area (Å²) in [7, 11) is 1.68. The number of aliphatic hydroxyl groups is 1. The van der Waals surface area contributed by atoms with Crippen LogP contribution in [0.2, 0.25) is 0 Å². The maximum atomic E-state index is 12.3. The van der Waals surface area contributed by atoms with E-state index >= 15 is 0 Å². The average molecular weight is 247 g/mol. The molecule has 2 aromatic heterocycles. The third-order valence-corrected chi connectivity index (χ3v) is 3.12. The van der Waals surface area contributed by atoms with E-state index in [-0.39, 0.29) is 18.6 Å². The fraction of sp³-hybridized carbons (Fsp3) is 0.385. The van der Waals surface area contributed by atoms with Gasteiger partial charge < -0.3 is 10.0 Å². The molecule has 2 rings (SSSR count). The quantitative estimate of drug-likeness (QED) is 0.883. The normalized spacial score (nSPS) is 12.7. The number of aliphatic hydroxyl groups excluding tert-OH is 1. The Labute approximate surface area is 106 Å². The van der Waals surface area contributed by atoms with Crippen LogP contribution in [-0.2, 0) is 0 Å². The number of carbonyl (C=O) groups excluding carboxylic acids is 1. The SMILES string of the molecule is Cc1ccc2ncc(C(=O)N(C)C(C)CO)n2c1. The van der Waals surface area contributed by atoms with Gasteiger partial charge in [-0.05, 0) is 25.5 Å². The fourth-order valence-electron chi connectivity index (χ4n) is 1.75. The monoisotopic (exact) mass is 247 g/mol. The van der Waals surface area contributed by atoms with Gasteiger partial charge in [0.2, 0.25) is 0 Å². The molecular formula is C13H17N3O2. The highest BCUT2D eigenvalue weighted by atomic mass is 16.3. The second-order valence-electron chi connectivity index (χ2n) is 4.53. The Morgan fingerprint density at radius 2 is 2.28 bits per heavy atom. The number of amides is 1. The maximum absolute atomic E-state index is 12.3. The lowest BCUT2D eigenvalue weighted by atomic mass is 10.3. The molecule has 0 saturated carbocycles. The van der Waals surface area contributed by atoms with Gasteiger partial charge >= 0.3 is 0 Å². The summed E-state index contributed by atoms with van der Waals surface area (Å²) in [6.45, 7) is 3.71. The first-order valence-corrected chi connectivity index (χ1v) is 5.86. The van der Waals surface area contributed by atoms with Crippen LogP contribution in [0.5, 0.6) is 0 Å². The summed E-state index contributed by atoms with van der Waals surface area (Å²) in [5, 5.41) is 9.09. The van der Waals surface area contributed by atoms with Crippen molar-refractivity contribution in [3.63, 3.8) is 0 Å². The van der Waals surface area contributed by atoms with Crippen molar-refractivity contribution in [3.05, 3.63) is 35.8 Å². The number of nitrogens with zero attached hydrogens (tertiary/aromatic N) is 3. The largest absolute Gasteiger partial charge is 0.394 e. The van der Waals surface area contributed by atoms with Gasteiger partial charge in [0.05, 0.1) is 18.8 Å². The number of aromatic nitrogens is 2. The number of likely N-dealkylation sites (N-methyl/N-ethyl adjacent to an activating group) is 1. The van der Waals surface area contributed by atoms with E-state index in [4.69, 9.17) is 5.11 Å². The molecule has 0 saturated heterocycles. The minimum Gasteiger partial charge on any atom is -0.394 e. The van der Waals surface area contributed by atoms with E-state index in [9.17, 15) is 4.79 Å². The first-order chi connectivity index (χ1) is 8.54. The number of hydrogen-bond acceptors (Lipinski definition) is 3. The van der Waals surface area contributed by atoms with Gasteiger partial charge in [-0.25, -0.2) is 4.98 Å². The Balaban J connectivity index is 2.42. The van der Waals surface area contributed by atoms with Gasteiger partial charge in [-0.15, -0.1) is 0 Å². The molecule has 0 spiro atoms. The van der Waals surface area contributed by atoms with E-state index in [1.165, 1.54) is 4.90 Å². The standard InChI is InChI=1S/C13H17N3O2/c1-9-4-5-12-14-6-11(16(12)7-9)13(18)15(3)10(2)8-17/h4-7,10,17H,8H2,1-3H3. The minimum absolute atomic E-state index is 0.0575. The molecule has 1 amide bonds. The molecule has 2 heterocycles. The molecule has 5 nitrogen and oxygen atoms in total. The molecular weight excluding hydrogens is 230 g/mol. The van der Waals surface area contributed by atoms with Crippen molar-refractivity contribution in [1.29, 1.82) is 0 Å². The Hall–Kier alpha value is -1.88. The lowest BCUT2D eigenvalue weighted by Gasteiger charge is -2.22. The summed E-state index contributed by atoms with van der Waals surface area (Å²) in [4.78, 5) is 18.0. The molecule has 96 valence electrons. The minimum atomic E-state index is -0.215. The molecule has 0 radical (unpaired) electrons. The van der Waals surface area contributed by atoms with Crippen molar-refractivity contribution >= 4 is 11.6 Å². The van der Waals surface area contributed by atoms with Crippen LogP contribution in [0.3, 0.4) is 0 Å². The molecule has 5 heteroatoms. The number of fused-ring (bicyclic) bond motifs is 1. The third-order valence-electron chi connectivity index (χ3n) is 3.12. The van der Waals surface area contributed by atoms with E-state index in [1.807, 2.05) is 25.3 Å². The molecule has 0 aliphatic carbocycles. The molecule has 0 aromatic carbocycles. The highest BCUT2D eigenvalue weighted by Gasteiger charge is 2.20. The molecule has 0 aliphatic heterocycles. The molecule has 1 N–H and O–H groups in total. The second-order valence-corrected chi connectivity index (χ2v) is 4.53. The number of carbonyl (C=O) groups is 1. The van der Waals surface area contributed by atoms with Crippen LogP contribution in [0.1, 0.15) is 23.0 Å². The van der Waals surface area contributed by atoms with Crippen molar-refractivity contribution in [2.24, 2.45) is 0 Å². The van der Waals surface area contributed by atoms with Gasteiger partial charge in [-0.1, -0.05) is 6.07 Å². The molecule has 2 aromatic rings. The van der Waals surface area contributed by atoms with E-state index in [1.54, 1.807) is 24.6 Å². The molecule has 1 unspecified atom stereocenters. The molecule has 1 atom stereocenters. The summed E-state index contributed by atoms with van der Waals surface area (Å²) >= 11 is 0. The summed E-state index contributed by atoms with van der Waals surface area (Å²) < 4.78 is 1.78. The molecule has 0 fully saturated rings. The number of hydrogen-bond donors (Lipinski definition) is 1. The van der Waals surface area contributed by atoms with Crippen molar-refractivity contribution in [3.8, 4) is 0 Å². The number of pyridine rings is 1. The van der Waals surface area contributed by atoms with Crippen molar-refractivity contribution in [1.82, 2.24) is 14.3 Å². The van der Waals surface area contributed by atoms with Crippen LogP contribution in [0.25, 0.3) is 5.65 Å². The Morgan fingerprint density at radius 3 is 2.94 bits per heavy atom. The predicted octanol–water partition coefficient (Wildman–Crippen LogP) is 1.10. The number of rotatable bonds is 3. The lowest BCUT2D eigenvalue weighted by molar-refractivity contribution is 0.0675. The van der Waals surface area contributed by atoms with Crippen LogP contribution in [0.4, 0.5) is 0 Å². The van der Waals surface area contributed by atoms with Crippen LogP contribution < -0.4 is 0 Å². The smallest absolute Gasteiger partial charge is 0.272 e. The highest BCUT2D eigenvalue weighted by molar-refractivity contribution is 5.93. The summed E-state index contributed by atoms with van der Waals surface area (Å²) in [6.07, 6.45) is 3.45. The van der Waals surface area contributed by atoms with Crippen molar-refractivity contribution < 1.29 is 9.90 Å². The van der Waals surface area contributed by atoms with Gasteiger partial charge in [0, 0.05) is 13.2 Å². The van der Waals surface area contributed by atoms with Crippen molar-refractivity contribution in [2.75, 3.05) is 13.7 Å². The molecule has 0 aliphatic rings. The van der Waals surface area contributed by atoms with E-state index < -0.39 is 0 Å². The zero-order valence-electron chi connectivity index (χ0n) is 10.8. The van der Waals surface area contributed by atoms with Gasteiger partial charge in [0.25, 0.3) is 5.91 Å². The van der Waals surface area contributed by atoms with Crippen LogP contribution >= 0.6 is 0 Å². The summed E-state index contributed by atoms with van der Waals surface area (Å²) in [5.74, 6) is -0.144. The van der Waals surface area contributed by atoms with Crippen LogP contribution in [-0.4, -0.2) is 45.0 Å². The lowest BCUT2D eigenvalue weighted by Crippen LogP contribution is -2.37.